The van der Waals surface area contributed by atoms with Crippen molar-refractivity contribution in [3.8, 4) is 11.5 Å². The minimum absolute atomic E-state index is 0.00702. The van der Waals surface area contributed by atoms with Crippen molar-refractivity contribution in [1.82, 2.24) is 0 Å². The first-order chi connectivity index (χ1) is 21.3. The Hall–Kier alpha value is -3.88. The van der Waals surface area contributed by atoms with Crippen molar-refractivity contribution in [3.63, 3.8) is 0 Å². The molecule has 1 fully saturated rings. The van der Waals surface area contributed by atoms with Crippen molar-refractivity contribution in [1.29, 1.82) is 0 Å². The molecule has 45 heavy (non-hydrogen) atoms. The number of carbonyl (C=O) groups is 2. The van der Waals surface area contributed by atoms with Gasteiger partial charge in [-0.2, -0.15) is 13.5 Å². The van der Waals surface area contributed by atoms with Crippen LogP contribution in [0.1, 0.15) is 35.6 Å². The lowest BCUT2D eigenvalue weighted by Gasteiger charge is -2.21. The SMILES string of the molecule is CS(=O)(=O)Nc1ccc(CC(=O)OCC(=O)OC(Cc2c(Cl)c[n+]([O-])cc2Cl)c2ccc(OC(F)F)c(OCC3CC3)c2)cc1. The van der Waals surface area contributed by atoms with Gasteiger partial charge in [0.1, 0.15) is 16.1 Å². The number of carbonyl (C=O) groups excluding carboxylic acids is 2. The molecule has 3 aromatic rings. The Morgan fingerprint density at radius 3 is 2.31 bits per heavy atom. The van der Waals surface area contributed by atoms with Crippen LogP contribution in [0, 0.1) is 11.1 Å². The van der Waals surface area contributed by atoms with Gasteiger partial charge in [-0.15, -0.1) is 0 Å². The number of rotatable bonds is 15. The van der Waals surface area contributed by atoms with Crippen molar-refractivity contribution < 1.29 is 50.5 Å². The number of hydrogen-bond donors (Lipinski definition) is 1. The average molecular weight is 690 g/mol. The zero-order valence-electron chi connectivity index (χ0n) is 23.7. The van der Waals surface area contributed by atoms with Crippen LogP contribution in [0.15, 0.2) is 54.9 Å². The van der Waals surface area contributed by atoms with Crippen LogP contribution in [0.5, 0.6) is 11.5 Å². The molecule has 1 unspecified atom stereocenters. The fraction of sp³-hybridized carbons (Fsp3) is 0.345. The topological polar surface area (TPSA) is 144 Å². The third-order valence-corrected chi connectivity index (χ3v) is 7.66. The van der Waals surface area contributed by atoms with Gasteiger partial charge in [-0.3, -0.25) is 9.52 Å². The molecule has 0 bridgehead atoms. The van der Waals surface area contributed by atoms with Crippen LogP contribution >= 0.6 is 23.2 Å². The zero-order valence-corrected chi connectivity index (χ0v) is 26.0. The van der Waals surface area contributed by atoms with Crippen LogP contribution in [0.3, 0.4) is 0 Å². The third-order valence-electron chi connectivity index (χ3n) is 6.40. The lowest BCUT2D eigenvalue weighted by atomic mass is 10.0. The molecule has 242 valence electrons. The van der Waals surface area contributed by atoms with E-state index in [4.69, 9.17) is 37.4 Å². The normalized spacial score (nSPS) is 13.6. The van der Waals surface area contributed by atoms with E-state index < -0.39 is 41.3 Å². The summed E-state index contributed by atoms with van der Waals surface area (Å²) in [7, 11) is -3.47. The maximum Gasteiger partial charge on any atom is 0.387 e. The third kappa shape index (κ3) is 10.9. The van der Waals surface area contributed by atoms with Gasteiger partial charge in [0, 0.05) is 17.7 Å². The Bertz CT molecular complexity index is 1620. The molecule has 0 radical (unpaired) electrons. The number of benzene rings is 2. The predicted molar refractivity (Wildman–Crippen MR) is 159 cm³/mol. The summed E-state index contributed by atoms with van der Waals surface area (Å²) in [6, 6.07) is 10.0. The van der Waals surface area contributed by atoms with Gasteiger partial charge in [-0.05, 0) is 54.2 Å². The highest BCUT2D eigenvalue weighted by Gasteiger charge is 2.27. The summed E-state index contributed by atoms with van der Waals surface area (Å²) < 4.78 is 72.6. The Labute approximate surface area is 267 Å². The molecule has 0 amide bonds. The largest absolute Gasteiger partial charge is 0.619 e. The summed E-state index contributed by atoms with van der Waals surface area (Å²) >= 11 is 12.5. The second-order valence-corrected chi connectivity index (χ2v) is 12.8. The van der Waals surface area contributed by atoms with Crippen LogP contribution in [-0.4, -0.2) is 46.4 Å². The first-order valence-electron chi connectivity index (χ1n) is 13.5. The molecule has 0 aliphatic heterocycles. The quantitative estimate of drug-likeness (QED) is 0.132. The summed E-state index contributed by atoms with van der Waals surface area (Å²) in [5.74, 6) is -1.62. The van der Waals surface area contributed by atoms with Crippen molar-refractivity contribution >= 4 is 50.9 Å². The van der Waals surface area contributed by atoms with E-state index in [2.05, 4.69) is 9.46 Å². The van der Waals surface area contributed by atoms with Gasteiger partial charge < -0.3 is 24.2 Å². The number of esters is 2. The molecule has 16 heteroatoms. The zero-order chi connectivity index (χ0) is 32.7. The maximum absolute atomic E-state index is 13.0. The number of sulfonamides is 1. The maximum atomic E-state index is 13.0. The summed E-state index contributed by atoms with van der Waals surface area (Å²) in [5, 5.41) is 11.7. The monoisotopic (exact) mass is 688 g/mol. The van der Waals surface area contributed by atoms with E-state index in [0.29, 0.717) is 27.5 Å². The van der Waals surface area contributed by atoms with Gasteiger partial charge in [0.15, 0.2) is 30.5 Å². The summed E-state index contributed by atoms with van der Waals surface area (Å²) in [6.07, 6.45) is 3.54. The first kappa shape index (κ1) is 34.0. The molecular weight excluding hydrogens is 661 g/mol. The first-order valence-corrected chi connectivity index (χ1v) is 16.1. The summed E-state index contributed by atoms with van der Waals surface area (Å²) in [4.78, 5) is 25.3. The minimum Gasteiger partial charge on any atom is -0.619 e. The van der Waals surface area contributed by atoms with Gasteiger partial charge in [0.25, 0.3) is 0 Å². The Balaban J connectivity index is 1.48. The van der Waals surface area contributed by atoms with E-state index in [1.165, 1.54) is 42.5 Å². The van der Waals surface area contributed by atoms with E-state index in [9.17, 15) is 32.0 Å². The van der Waals surface area contributed by atoms with Crippen LogP contribution in [0.2, 0.25) is 10.0 Å². The molecule has 1 heterocycles. The molecule has 1 aliphatic rings. The number of halogens is 4. The van der Waals surface area contributed by atoms with E-state index in [1.54, 1.807) is 0 Å². The number of aromatic nitrogens is 1. The molecule has 1 aromatic heterocycles. The number of nitrogens with one attached hydrogen (secondary N) is 1. The van der Waals surface area contributed by atoms with E-state index in [0.717, 1.165) is 31.5 Å². The van der Waals surface area contributed by atoms with Crippen LogP contribution in [-0.2, 0) is 41.9 Å². The van der Waals surface area contributed by atoms with Crippen LogP contribution in [0.25, 0.3) is 0 Å². The number of anilines is 1. The molecular formula is C29H28Cl2F2N2O9S. The van der Waals surface area contributed by atoms with E-state index in [1.807, 2.05) is 0 Å². The van der Waals surface area contributed by atoms with Crippen LogP contribution in [0.4, 0.5) is 14.5 Å². The van der Waals surface area contributed by atoms with Gasteiger partial charge in [0.2, 0.25) is 10.0 Å². The average Bonchev–Trinajstić information content (AvgIpc) is 3.77. The molecule has 1 atom stereocenters. The van der Waals surface area contributed by atoms with Crippen molar-refractivity contribution in [2.45, 2.75) is 38.4 Å². The number of ether oxygens (including phenoxy) is 4. The number of alkyl halides is 2. The number of hydrogen-bond acceptors (Lipinski definition) is 9. The number of nitrogens with zero attached hydrogens (tertiary/aromatic N) is 1. The molecule has 2 aromatic carbocycles. The second kappa shape index (κ2) is 14.9. The molecule has 0 saturated heterocycles. The molecule has 1 aliphatic carbocycles. The van der Waals surface area contributed by atoms with Gasteiger partial charge in [-0.1, -0.05) is 41.4 Å². The highest BCUT2D eigenvalue weighted by atomic mass is 35.5. The fourth-order valence-corrected chi connectivity index (χ4v) is 5.28. The molecule has 1 N–H and O–H groups in total. The van der Waals surface area contributed by atoms with E-state index in [-0.39, 0.29) is 46.6 Å². The standard InChI is InChI=1S/C29H28Cl2F2N2O9S/c1-45(39,40)34-20-7-4-17(5-8-20)10-27(36)42-16-28(37)43-25(12-21-22(30)13-35(38)14-23(21)31)19-6-9-24(44-29(32)33)26(11-19)41-15-18-2-3-18/h4-9,11,13-14,18,25,29,34H,2-3,10,12,15-16H2,1H3. The molecule has 4 rings (SSSR count). The predicted octanol–water partition coefficient (Wildman–Crippen LogP) is 5.00. The molecule has 0 spiro atoms. The van der Waals surface area contributed by atoms with Crippen molar-refractivity contribution in [2.75, 3.05) is 24.2 Å². The summed E-state index contributed by atoms with van der Waals surface area (Å²) in [5.41, 5.74) is 1.38. The van der Waals surface area contributed by atoms with Gasteiger partial charge in [0.05, 0.1) is 19.3 Å². The van der Waals surface area contributed by atoms with Crippen LogP contribution < -0.4 is 18.9 Å². The van der Waals surface area contributed by atoms with Crippen molar-refractivity contribution in [2.24, 2.45) is 5.92 Å². The minimum atomic E-state index is -3.47. The van der Waals surface area contributed by atoms with Gasteiger partial charge >= 0.3 is 18.6 Å². The Kier molecular flexibility index (Phi) is 11.3. The Morgan fingerprint density at radius 1 is 1.04 bits per heavy atom. The summed E-state index contributed by atoms with van der Waals surface area (Å²) in [6.45, 7) is -3.59. The molecule has 1 saturated carbocycles. The molecule has 11 nitrogen and oxygen atoms in total. The lowest BCUT2D eigenvalue weighted by Crippen LogP contribution is -2.26. The highest BCUT2D eigenvalue weighted by molar-refractivity contribution is 7.92. The second-order valence-electron chi connectivity index (χ2n) is 10.2. The van der Waals surface area contributed by atoms with Gasteiger partial charge in [-0.25, -0.2) is 13.2 Å². The smallest absolute Gasteiger partial charge is 0.387 e. The lowest BCUT2D eigenvalue weighted by molar-refractivity contribution is -0.605. The number of pyridine rings is 1. The van der Waals surface area contributed by atoms with Crippen molar-refractivity contribution in [3.05, 3.63) is 86.8 Å². The highest BCUT2D eigenvalue weighted by Crippen LogP contribution is 2.37. The fourth-order valence-electron chi connectivity index (χ4n) is 4.12. The van der Waals surface area contributed by atoms with E-state index >= 15 is 0 Å². The Morgan fingerprint density at radius 2 is 1.71 bits per heavy atom.